The zero-order valence-electron chi connectivity index (χ0n) is 26.6. The van der Waals surface area contributed by atoms with Crippen molar-refractivity contribution in [1.82, 2.24) is 0 Å². The van der Waals surface area contributed by atoms with Gasteiger partial charge >= 0.3 is 0 Å². The van der Waals surface area contributed by atoms with Crippen LogP contribution in [0.15, 0.2) is 91.0 Å². The van der Waals surface area contributed by atoms with Gasteiger partial charge in [-0.3, -0.25) is 4.79 Å². The number of ketones is 1. The van der Waals surface area contributed by atoms with Gasteiger partial charge in [-0.2, -0.15) is 0 Å². The smallest absolute Gasteiger partial charge is 0.193 e. The minimum Gasteiger partial charge on any atom is -0.497 e. The van der Waals surface area contributed by atoms with E-state index >= 15 is 0 Å². The third-order valence-electron chi connectivity index (χ3n) is 7.37. The third kappa shape index (κ3) is 14.3. The number of hydrogen-bond acceptors (Lipinski definition) is 6. The van der Waals surface area contributed by atoms with Crippen LogP contribution < -0.4 is 9.47 Å². The summed E-state index contributed by atoms with van der Waals surface area (Å²) in [7, 11) is 3.26. The molecule has 0 aliphatic heterocycles. The van der Waals surface area contributed by atoms with Crippen molar-refractivity contribution in [3.8, 4) is 11.5 Å². The molecule has 1 atom stereocenters. The quantitative estimate of drug-likeness (QED) is 0.0443. The van der Waals surface area contributed by atoms with E-state index in [2.05, 4.69) is 24.3 Å². The van der Waals surface area contributed by atoms with Gasteiger partial charge in [0.05, 0.1) is 13.7 Å². The molecule has 3 aromatic rings. The summed E-state index contributed by atoms with van der Waals surface area (Å²) in [6.45, 7) is 1.80. The zero-order valence-corrected chi connectivity index (χ0v) is 26.6. The fourth-order valence-electron chi connectivity index (χ4n) is 4.83. The first-order valence-corrected chi connectivity index (χ1v) is 16.0. The summed E-state index contributed by atoms with van der Waals surface area (Å²) in [5, 5.41) is 0. The molecule has 0 unspecified atom stereocenters. The Kier molecular flexibility index (Phi) is 17.6. The van der Waals surface area contributed by atoms with E-state index in [0.29, 0.717) is 19.8 Å². The number of allylic oxidation sites excluding steroid dienone is 2. The van der Waals surface area contributed by atoms with Crippen molar-refractivity contribution in [2.24, 2.45) is 0 Å². The van der Waals surface area contributed by atoms with Crippen molar-refractivity contribution < 1.29 is 28.5 Å². The van der Waals surface area contributed by atoms with E-state index in [-0.39, 0.29) is 18.7 Å². The van der Waals surface area contributed by atoms with Crippen LogP contribution in [0.5, 0.6) is 11.5 Å². The molecule has 0 N–H and O–H groups in total. The number of aryl methyl sites for hydroxylation is 1. The Labute approximate surface area is 264 Å². The normalized spacial score (nSPS) is 12.0. The van der Waals surface area contributed by atoms with E-state index in [0.717, 1.165) is 54.7 Å². The fourth-order valence-corrected chi connectivity index (χ4v) is 4.83. The Morgan fingerprint density at radius 2 is 1.32 bits per heavy atom. The molecule has 0 fully saturated rings. The summed E-state index contributed by atoms with van der Waals surface area (Å²) >= 11 is 0. The SMILES string of the molecule is COCOC[C@H](COc1ccc(OC)cc1)OCCCCCCCC/C=C\CCCc1ccc(C(=O)c2ccccc2)cc1. The molecule has 0 aromatic heterocycles. The van der Waals surface area contributed by atoms with Crippen LogP contribution >= 0.6 is 0 Å². The molecule has 44 heavy (non-hydrogen) atoms. The van der Waals surface area contributed by atoms with E-state index in [4.69, 9.17) is 23.7 Å². The number of ether oxygens (including phenoxy) is 5. The average molecular weight is 603 g/mol. The highest BCUT2D eigenvalue weighted by molar-refractivity contribution is 6.08. The van der Waals surface area contributed by atoms with Crippen LogP contribution in [0.1, 0.15) is 79.3 Å². The lowest BCUT2D eigenvalue weighted by molar-refractivity contribution is -0.0888. The molecule has 0 amide bonds. The maximum Gasteiger partial charge on any atom is 0.193 e. The summed E-state index contributed by atoms with van der Waals surface area (Å²) in [6.07, 6.45) is 16.1. The summed E-state index contributed by atoms with van der Waals surface area (Å²) in [6, 6.07) is 25.1. The van der Waals surface area contributed by atoms with Crippen LogP contribution in [0.3, 0.4) is 0 Å². The Morgan fingerprint density at radius 1 is 0.682 bits per heavy atom. The second-order valence-electron chi connectivity index (χ2n) is 10.9. The van der Waals surface area contributed by atoms with E-state index in [9.17, 15) is 4.79 Å². The van der Waals surface area contributed by atoms with Gasteiger partial charge in [0, 0.05) is 24.8 Å². The van der Waals surface area contributed by atoms with Gasteiger partial charge in [0.25, 0.3) is 0 Å². The van der Waals surface area contributed by atoms with Gasteiger partial charge in [-0.15, -0.1) is 0 Å². The molecule has 0 bridgehead atoms. The van der Waals surface area contributed by atoms with E-state index in [1.807, 2.05) is 66.7 Å². The molecule has 6 heteroatoms. The summed E-state index contributed by atoms with van der Waals surface area (Å²) in [5.74, 6) is 1.66. The maximum absolute atomic E-state index is 12.5. The maximum atomic E-state index is 12.5. The molecule has 238 valence electrons. The molecule has 0 saturated heterocycles. The lowest BCUT2D eigenvalue weighted by Gasteiger charge is -2.19. The minimum absolute atomic E-state index is 0.0789. The number of hydrogen-bond donors (Lipinski definition) is 0. The molecule has 0 spiro atoms. The van der Waals surface area contributed by atoms with Gasteiger partial charge in [-0.05, 0) is 68.4 Å². The molecule has 0 heterocycles. The highest BCUT2D eigenvalue weighted by atomic mass is 16.7. The first-order chi connectivity index (χ1) is 21.7. The predicted molar refractivity (Wildman–Crippen MR) is 177 cm³/mol. The van der Waals surface area contributed by atoms with Gasteiger partial charge in [0.2, 0.25) is 0 Å². The Hall–Kier alpha value is -3.45. The second kappa shape index (κ2) is 22.1. The first kappa shape index (κ1) is 35.0. The summed E-state index contributed by atoms with van der Waals surface area (Å²) in [5.41, 5.74) is 2.76. The second-order valence-corrected chi connectivity index (χ2v) is 10.9. The molecule has 6 nitrogen and oxygen atoms in total. The van der Waals surface area contributed by atoms with E-state index < -0.39 is 0 Å². The molecule has 0 radical (unpaired) electrons. The average Bonchev–Trinajstić information content (AvgIpc) is 3.07. The number of unbranched alkanes of at least 4 members (excludes halogenated alkanes) is 7. The van der Waals surface area contributed by atoms with Crippen molar-refractivity contribution in [3.05, 3.63) is 108 Å². The topological polar surface area (TPSA) is 63.2 Å². The zero-order chi connectivity index (χ0) is 31.1. The van der Waals surface area contributed by atoms with Gasteiger partial charge in [-0.1, -0.05) is 92.4 Å². The lowest BCUT2D eigenvalue weighted by Crippen LogP contribution is -2.28. The van der Waals surface area contributed by atoms with Crippen LogP contribution in [0, 0.1) is 0 Å². The largest absolute Gasteiger partial charge is 0.497 e. The van der Waals surface area contributed by atoms with E-state index in [1.54, 1.807) is 14.2 Å². The summed E-state index contributed by atoms with van der Waals surface area (Å²) < 4.78 is 27.6. The number of carbonyl (C=O) groups is 1. The Morgan fingerprint density at radius 3 is 2.02 bits per heavy atom. The predicted octanol–water partition coefficient (Wildman–Crippen LogP) is 8.62. The minimum atomic E-state index is -0.143. The van der Waals surface area contributed by atoms with Gasteiger partial charge in [-0.25, -0.2) is 0 Å². The first-order valence-electron chi connectivity index (χ1n) is 16.0. The van der Waals surface area contributed by atoms with Crippen molar-refractivity contribution in [2.75, 3.05) is 40.8 Å². The molecular weight excluding hydrogens is 552 g/mol. The highest BCUT2D eigenvalue weighted by Gasteiger charge is 2.11. The lowest BCUT2D eigenvalue weighted by atomic mass is 10.0. The fraction of sp³-hybridized carbons (Fsp3) is 0.447. The standard InChI is InChI=1S/C38H50O6/c1-40-31-42-29-37(30-44-36-26-24-35(41-2)25-27-36)43-28-16-11-9-7-5-3-4-6-8-10-13-17-32-20-22-34(23-21-32)38(39)33-18-14-12-15-19-33/h6,8,12,14-15,18-27,37H,3-5,7,9-11,13,16-17,28-31H2,1-2H3/b8-6-/t37-/m1/s1. The highest BCUT2D eigenvalue weighted by Crippen LogP contribution is 2.18. The molecular formula is C38H50O6. The number of methoxy groups -OCH3 is 2. The van der Waals surface area contributed by atoms with E-state index in [1.165, 1.54) is 37.7 Å². The van der Waals surface area contributed by atoms with Crippen LogP contribution in [-0.2, 0) is 20.6 Å². The van der Waals surface area contributed by atoms with Gasteiger partial charge in [0.1, 0.15) is 31.0 Å². The van der Waals surface area contributed by atoms with Gasteiger partial charge in [0.15, 0.2) is 5.78 Å². The summed E-state index contributed by atoms with van der Waals surface area (Å²) in [4.78, 5) is 12.5. The Balaban J connectivity index is 1.17. The van der Waals surface area contributed by atoms with Crippen LogP contribution in [0.2, 0.25) is 0 Å². The van der Waals surface area contributed by atoms with Crippen molar-refractivity contribution >= 4 is 5.78 Å². The van der Waals surface area contributed by atoms with Crippen molar-refractivity contribution in [2.45, 2.75) is 70.3 Å². The van der Waals surface area contributed by atoms with Crippen molar-refractivity contribution in [3.63, 3.8) is 0 Å². The monoisotopic (exact) mass is 602 g/mol. The molecule has 3 aromatic carbocycles. The van der Waals surface area contributed by atoms with Crippen LogP contribution in [0.4, 0.5) is 0 Å². The molecule has 0 aliphatic carbocycles. The van der Waals surface area contributed by atoms with Crippen molar-refractivity contribution in [1.29, 1.82) is 0 Å². The van der Waals surface area contributed by atoms with Crippen LogP contribution in [0.25, 0.3) is 0 Å². The molecule has 0 aliphatic rings. The number of carbonyl (C=O) groups excluding carboxylic acids is 1. The molecule has 0 saturated carbocycles. The molecule has 3 rings (SSSR count). The Bertz CT molecular complexity index is 1170. The number of benzene rings is 3. The van der Waals surface area contributed by atoms with Gasteiger partial charge < -0.3 is 23.7 Å². The number of rotatable bonds is 24. The third-order valence-corrected chi connectivity index (χ3v) is 7.37. The van der Waals surface area contributed by atoms with Crippen LogP contribution in [-0.4, -0.2) is 52.7 Å².